The average Bonchev–Trinajstić information content (AvgIpc) is 2.39. The van der Waals surface area contributed by atoms with E-state index < -0.39 is 0 Å². The van der Waals surface area contributed by atoms with Crippen LogP contribution in [0.2, 0.25) is 0 Å². The van der Waals surface area contributed by atoms with Crippen molar-refractivity contribution in [3.8, 4) is 6.07 Å². The Bertz CT molecular complexity index is 655. The third-order valence-corrected chi connectivity index (χ3v) is 3.14. The minimum absolute atomic E-state index is 0.0662. The van der Waals surface area contributed by atoms with Crippen molar-refractivity contribution < 1.29 is 4.79 Å². The van der Waals surface area contributed by atoms with Gasteiger partial charge in [-0.2, -0.15) is 5.26 Å². The van der Waals surface area contributed by atoms with Gasteiger partial charge < -0.3 is 4.90 Å². The summed E-state index contributed by atoms with van der Waals surface area (Å²) in [6, 6.07) is 14.4. The van der Waals surface area contributed by atoms with E-state index in [4.69, 9.17) is 5.26 Å². The van der Waals surface area contributed by atoms with E-state index in [0.29, 0.717) is 6.54 Å². The van der Waals surface area contributed by atoms with Gasteiger partial charge in [0.15, 0.2) is 0 Å². The van der Waals surface area contributed by atoms with Crippen LogP contribution in [-0.2, 0) is 11.3 Å². The van der Waals surface area contributed by atoms with Crippen LogP contribution in [0.15, 0.2) is 36.4 Å². The van der Waals surface area contributed by atoms with Crippen LogP contribution in [0.25, 0.3) is 10.8 Å². The van der Waals surface area contributed by atoms with Crippen molar-refractivity contribution in [1.29, 1.82) is 5.26 Å². The maximum Gasteiger partial charge on any atom is 0.236 e. The number of nitrogens with zero attached hydrogens (tertiary/aromatic N) is 2. The smallest absolute Gasteiger partial charge is 0.236 e. The lowest BCUT2D eigenvalue weighted by atomic mass is 10.0. The Labute approximate surface area is 113 Å². The molecule has 3 heteroatoms. The molecule has 2 rings (SSSR count). The topological polar surface area (TPSA) is 44.1 Å². The van der Waals surface area contributed by atoms with Gasteiger partial charge in [0, 0.05) is 13.6 Å². The van der Waals surface area contributed by atoms with Gasteiger partial charge >= 0.3 is 0 Å². The number of carbonyl (C=O) groups excluding carboxylic acids is 1. The average molecular weight is 252 g/mol. The van der Waals surface area contributed by atoms with Gasteiger partial charge in [0.1, 0.15) is 6.42 Å². The molecule has 0 unspecified atom stereocenters. The van der Waals surface area contributed by atoms with Crippen LogP contribution >= 0.6 is 0 Å². The summed E-state index contributed by atoms with van der Waals surface area (Å²) in [6.07, 6.45) is -0.0662. The van der Waals surface area contributed by atoms with E-state index >= 15 is 0 Å². The minimum atomic E-state index is -0.147. The molecule has 3 nitrogen and oxygen atoms in total. The highest BCUT2D eigenvalue weighted by Gasteiger charge is 2.08. The second-order valence-electron chi connectivity index (χ2n) is 4.77. The molecule has 0 saturated heterocycles. The van der Waals surface area contributed by atoms with Gasteiger partial charge in [-0.25, -0.2) is 0 Å². The van der Waals surface area contributed by atoms with Crippen LogP contribution in [0.4, 0.5) is 0 Å². The summed E-state index contributed by atoms with van der Waals surface area (Å²) in [4.78, 5) is 13.1. The van der Waals surface area contributed by atoms with E-state index in [1.165, 1.54) is 16.3 Å². The molecule has 2 aromatic rings. The molecule has 2 aromatic carbocycles. The number of rotatable bonds is 3. The van der Waals surface area contributed by atoms with Crippen LogP contribution in [0.3, 0.4) is 0 Å². The first kappa shape index (κ1) is 13.1. The summed E-state index contributed by atoms with van der Waals surface area (Å²) in [7, 11) is 1.72. The highest BCUT2D eigenvalue weighted by molar-refractivity contribution is 5.84. The molecule has 0 N–H and O–H groups in total. The predicted octanol–water partition coefficient (Wildman–Crippen LogP) is 3.02. The lowest BCUT2D eigenvalue weighted by Crippen LogP contribution is -2.25. The van der Waals surface area contributed by atoms with Crippen molar-refractivity contribution in [1.82, 2.24) is 4.90 Å². The Kier molecular flexibility index (Phi) is 3.82. The second-order valence-corrected chi connectivity index (χ2v) is 4.77. The van der Waals surface area contributed by atoms with E-state index in [1.54, 1.807) is 11.9 Å². The Balaban J connectivity index is 2.20. The number of aryl methyl sites for hydroxylation is 1. The standard InChI is InChI=1S/C16H16N2O/c1-12-3-5-15-10-13(4-6-14(15)9-12)11-18(2)16(19)7-8-17/h3-6,9-10H,7,11H2,1-2H3. The van der Waals surface area contributed by atoms with E-state index in [0.717, 1.165) is 5.56 Å². The molecule has 1 amide bonds. The summed E-state index contributed by atoms with van der Waals surface area (Å²) in [5, 5.41) is 10.9. The Morgan fingerprint density at radius 3 is 2.63 bits per heavy atom. The monoisotopic (exact) mass is 252 g/mol. The predicted molar refractivity (Wildman–Crippen MR) is 75.4 cm³/mol. The molecule has 0 aromatic heterocycles. The van der Waals surface area contributed by atoms with E-state index in [-0.39, 0.29) is 12.3 Å². The number of nitriles is 1. The Hall–Kier alpha value is -2.34. The summed E-state index contributed by atoms with van der Waals surface area (Å²) >= 11 is 0. The Morgan fingerprint density at radius 2 is 1.89 bits per heavy atom. The first-order valence-corrected chi connectivity index (χ1v) is 6.20. The normalized spacial score (nSPS) is 10.2. The summed E-state index contributed by atoms with van der Waals surface area (Å²) < 4.78 is 0. The van der Waals surface area contributed by atoms with Crippen LogP contribution in [0.1, 0.15) is 17.5 Å². The molecule has 0 fully saturated rings. The molecule has 0 aliphatic heterocycles. The van der Waals surface area contributed by atoms with Crippen molar-refractivity contribution in [3.63, 3.8) is 0 Å². The highest BCUT2D eigenvalue weighted by Crippen LogP contribution is 2.18. The maximum atomic E-state index is 11.6. The number of hydrogen-bond donors (Lipinski definition) is 0. The molecule has 0 heterocycles. The zero-order valence-corrected chi connectivity index (χ0v) is 11.2. The first-order chi connectivity index (χ1) is 9.10. The van der Waals surface area contributed by atoms with E-state index in [2.05, 4.69) is 37.3 Å². The lowest BCUT2D eigenvalue weighted by Gasteiger charge is -2.16. The minimum Gasteiger partial charge on any atom is -0.341 e. The quantitative estimate of drug-likeness (QED) is 0.842. The lowest BCUT2D eigenvalue weighted by molar-refractivity contribution is -0.129. The van der Waals surface area contributed by atoms with Gasteiger partial charge in [0.05, 0.1) is 6.07 Å². The number of fused-ring (bicyclic) bond motifs is 1. The largest absolute Gasteiger partial charge is 0.341 e. The molecular formula is C16H16N2O. The molecule has 0 atom stereocenters. The number of benzene rings is 2. The van der Waals surface area contributed by atoms with E-state index in [9.17, 15) is 4.79 Å². The van der Waals surface area contributed by atoms with Crippen molar-refractivity contribution >= 4 is 16.7 Å². The molecule has 0 aliphatic rings. The van der Waals surface area contributed by atoms with Gasteiger partial charge in [-0.3, -0.25) is 4.79 Å². The molecule has 0 spiro atoms. The summed E-state index contributed by atoms with van der Waals surface area (Å²) in [5.41, 5.74) is 2.31. The zero-order valence-electron chi connectivity index (χ0n) is 11.2. The fourth-order valence-corrected chi connectivity index (χ4v) is 2.08. The second kappa shape index (κ2) is 5.53. The van der Waals surface area contributed by atoms with E-state index in [1.807, 2.05) is 12.1 Å². The SMILES string of the molecule is Cc1ccc2cc(CN(C)C(=O)CC#N)ccc2c1. The fourth-order valence-electron chi connectivity index (χ4n) is 2.08. The molecule has 0 aliphatic carbocycles. The van der Waals surface area contributed by atoms with Gasteiger partial charge in [0.25, 0.3) is 0 Å². The molecular weight excluding hydrogens is 236 g/mol. The molecule has 0 bridgehead atoms. The number of carbonyl (C=O) groups is 1. The fraction of sp³-hybridized carbons (Fsp3) is 0.250. The van der Waals surface area contributed by atoms with Gasteiger partial charge in [-0.15, -0.1) is 0 Å². The molecule has 19 heavy (non-hydrogen) atoms. The number of hydrogen-bond acceptors (Lipinski definition) is 2. The van der Waals surface area contributed by atoms with Crippen molar-refractivity contribution in [2.24, 2.45) is 0 Å². The van der Waals surface area contributed by atoms with Crippen LogP contribution in [0.5, 0.6) is 0 Å². The highest BCUT2D eigenvalue weighted by atomic mass is 16.2. The third-order valence-electron chi connectivity index (χ3n) is 3.14. The molecule has 96 valence electrons. The van der Waals surface area contributed by atoms with Crippen LogP contribution in [0, 0.1) is 18.3 Å². The van der Waals surface area contributed by atoms with Crippen molar-refractivity contribution in [3.05, 3.63) is 47.5 Å². The first-order valence-electron chi connectivity index (χ1n) is 6.20. The van der Waals surface area contributed by atoms with Crippen LogP contribution < -0.4 is 0 Å². The van der Waals surface area contributed by atoms with Crippen molar-refractivity contribution in [2.75, 3.05) is 7.05 Å². The van der Waals surface area contributed by atoms with Gasteiger partial charge in [-0.1, -0.05) is 35.9 Å². The van der Waals surface area contributed by atoms with Crippen LogP contribution in [-0.4, -0.2) is 17.9 Å². The molecule has 0 saturated carbocycles. The Morgan fingerprint density at radius 1 is 1.21 bits per heavy atom. The molecule has 0 radical (unpaired) electrons. The summed E-state index contributed by atoms with van der Waals surface area (Å²) in [6.45, 7) is 2.60. The van der Waals surface area contributed by atoms with Gasteiger partial charge in [0.2, 0.25) is 5.91 Å². The zero-order chi connectivity index (χ0) is 13.8. The van der Waals surface area contributed by atoms with Crippen molar-refractivity contribution in [2.45, 2.75) is 19.9 Å². The maximum absolute atomic E-state index is 11.6. The summed E-state index contributed by atoms with van der Waals surface area (Å²) in [5.74, 6) is -0.147. The van der Waals surface area contributed by atoms with Gasteiger partial charge in [-0.05, 0) is 29.3 Å². The third kappa shape index (κ3) is 3.11. The number of amides is 1.